The Balaban J connectivity index is 1.65. The molecule has 0 fully saturated rings. The van der Waals surface area contributed by atoms with Gasteiger partial charge >= 0.3 is 0 Å². The van der Waals surface area contributed by atoms with Crippen molar-refractivity contribution in [1.82, 2.24) is 9.97 Å². The van der Waals surface area contributed by atoms with E-state index in [-0.39, 0.29) is 18.7 Å². The molecule has 0 unspecified atom stereocenters. The minimum absolute atomic E-state index is 0.0545. The predicted octanol–water partition coefficient (Wildman–Crippen LogP) is 2.38. The van der Waals surface area contributed by atoms with Crippen molar-refractivity contribution in [2.45, 2.75) is 19.8 Å². The van der Waals surface area contributed by atoms with Crippen LogP contribution in [0.15, 0.2) is 27.3 Å². The molecule has 2 amide bonds. The van der Waals surface area contributed by atoms with E-state index in [9.17, 15) is 9.59 Å². The summed E-state index contributed by atoms with van der Waals surface area (Å²) in [6.45, 7) is 1.78. The lowest BCUT2D eigenvalue weighted by molar-refractivity contribution is -0.117. The Morgan fingerprint density at radius 2 is 2.12 bits per heavy atom. The van der Waals surface area contributed by atoms with Crippen LogP contribution in [-0.2, 0) is 22.4 Å². The lowest BCUT2D eigenvalue weighted by atomic mass is 10.2. The van der Waals surface area contributed by atoms with Crippen LogP contribution in [0.4, 0.5) is 5.13 Å². The Labute approximate surface area is 145 Å². The summed E-state index contributed by atoms with van der Waals surface area (Å²) in [5.41, 5.74) is 6.25. The van der Waals surface area contributed by atoms with Crippen LogP contribution in [0, 0.1) is 6.92 Å². The number of carbonyl (C=O) groups excluding carboxylic acids is 2. The zero-order valence-corrected chi connectivity index (χ0v) is 14.4. The van der Waals surface area contributed by atoms with Crippen LogP contribution >= 0.6 is 22.7 Å². The summed E-state index contributed by atoms with van der Waals surface area (Å²) in [4.78, 5) is 32.5. The molecule has 0 aliphatic heterocycles. The molecule has 3 N–H and O–H groups in total. The van der Waals surface area contributed by atoms with Gasteiger partial charge in [0, 0.05) is 5.38 Å². The first-order valence-corrected chi connectivity index (χ1v) is 8.80. The standard InChI is InChI=1S/C15H14N4O3S2/c1-8-10(18-14(22-8)11-3-2-4-23-11)6-13(21)19-15-17-9(7-24-15)5-12(16)20/h2-4,7H,5-6H2,1H3,(H2,16,20)(H,17,19,21). The molecule has 0 saturated heterocycles. The maximum absolute atomic E-state index is 12.1. The minimum atomic E-state index is -0.461. The van der Waals surface area contributed by atoms with E-state index >= 15 is 0 Å². The number of hydrogen-bond acceptors (Lipinski definition) is 7. The molecule has 0 saturated carbocycles. The van der Waals surface area contributed by atoms with Crippen molar-refractivity contribution in [3.8, 4) is 10.8 Å². The lowest BCUT2D eigenvalue weighted by Crippen LogP contribution is -2.16. The predicted molar refractivity (Wildman–Crippen MR) is 91.9 cm³/mol. The second-order valence-corrected chi connectivity index (χ2v) is 6.82. The number of thiazole rings is 1. The Morgan fingerprint density at radius 3 is 2.83 bits per heavy atom. The number of nitrogens with zero attached hydrogens (tertiary/aromatic N) is 2. The van der Waals surface area contributed by atoms with Gasteiger partial charge in [0.15, 0.2) is 5.13 Å². The van der Waals surface area contributed by atoms with Crippen LogP contribution in [0.25, 0.3) is 10.8 Å². The first kappa shape index (κ1) is 16.3. The first-order valence-electron chi connectivity index (χ1n) is 7.04. The highest BCUT2D eigenvalue weighted by Crippen LogP contribution is 2.26. The zero-order chi connectivity index (χ0) is 17.1. The summed E-state index contributed by atoms with van der Waals surface area (Å²) in [6.07, 6.45) is 0.143. The van der Waals surface area contributed by atoms with Gasteiger partial charge in [0.25, 0.3) is 0 Å². The quantitative estimate of drug-likeness (QED) is 0.699. The van der Waals surface area contributed by atoms with Crippen molar-refractivity contribution in [2.75, 3.05) is 5.32 Å². The van der Waals surface area contributed by atoms with Crippen molar-refractivity contribution >= 4 is 39.6 Å². The van der Waals surface area contributed by atoms with E-state index < -0.39 is 5.91 Å². The van der Waals surface area contributed by atoms with Crippen LogP contribution in [0.2, 0.25) is 0 Å². The van der Waals surface area contributed by atoms with Gasteiger partial charge in [-0.25, -0.2) is 9.97 Å². The number of thiophene rings is 1. The van der Waals surface area contributed by atoms with Crippen molar-refractivity contribution in [3.63, 3.8) is 0 Å². The molecule has 124 valence electrons. The molecular formula is C15H14N4O3S2. The van der Waals surface area contributed by atoms with E-state index in [4.69, 9.17) is 10.2 Å². The number of aromatic nitrogens is 2. The highest BCUT2D eigenvalue weighted by atomic mass is 32.1. The van der Waals surface area contributed by atoms with E-state index in [0.717, 1.165) is 4.88 Å². The highest BCUT2D eigenvalue weighted by Gasteiger charge is 2.16. The minimum Gasteiger partial charge on any atom is -0.440 e. The molecule has 24 heavy (non-hydrogen) atoms. The maximum Gasteiger partial charge on any atom is 0.236 e. The molecule has 3 aromatic rings. The van der Waals surface area contributed by atoms with Gasteiger partial charge in [-0.2, -0.15) is 0 Å². The molecule has 7 nitrogen and oxygen atoms in total. The average Bonchev–Trinajstić information content (AvgIpc) is 3.21. The van der Waals surface area contributed by atoms with Crippen molar-refractivity contribution < 1.29 is 14.0 Å². The van der Waals surface area contributed by atoms with Gasteiger partial charge in [0.2, 0.25) is 17.7 Å². The van der Waals surface area contributed by atoms with Gasteiger partial charge in [-0.15, -0.1) is 22.7 Å². The number of primary amides is 1. The Morgan fingerprint density at radius 1 is 1.29 bits per heavy atom. The SMILES string of the molecule is Cc1oc(-c2cccs2)nc1CC(=O)Nc1nc(CC(N)=O)cs1. The molecule has 0 bridgehead atoms. The number of hydrogen-bond donors (Lipinski definition) is 2. The molecule has 0 aliphatic rings. The van der Waals surface area contributed by atoms with Crippen LogP contribution < -0.4 is 11.1 Å². The van der Waals surface area contributed by atoms with Gasteiger partial charge in [-0.1, -0.05) is 6.07 Å². The van der Waals surface area contributed by atoms with Crippen molar-refractivity contribution in [2.24, 2.45) is 5.73 Å². The topological polar surface area (TPSA) is 111 Å². The number of nitrogens with two attached hydrogens (primary N) is 1. The molecule has 0 atom stereocenters. The molecule has 0 spiro atoms. The van der Waals surface area contributed by atoms with E-state index in [0.29, 0.717) is 28.2 Å². The number of carbonyl (C=O) groups is 2. The number of rotatable bonds is 6. The second-order valence-electron chi connectivity index (χ2n) is 5.01. The first-order chi connectivity index (χ1) is 11.5. The van der Waals surface area contributed by atoms with Gasteiger partial charge < -0.3 is 15.5 Å². The summed E-state index contributed by atoms with van der Waals surface area (Å²) in [7, 11) is 0. The Bertz CT molecular complexity index is 867. The second kappa shape index (κ2) is 6.93. The normalized spacial score (nSPS) is 10.7. The average molecular weight is 362 g/mol. The van der Waals surface area contributed by atoms with Crippen molar-refractivity contribution in [1.29, 1.82) is 0 Å². The Hall–Kier alpha value is -2.52. The van der Waals surface area contributed by atoms with Crippen LogP contribution in [0.5, 0.6) is 0 Å². The van der Waals surface area contributed by atoms with Gasteiger partial charge in [-0.3, -0.25) is 9.59 Å². The molecule has 3 heterocycles. The summed E-state index contributed by atoms with van der Waals surface area (Å²) in [5, 5.41) is 6.75. The third kappa shape index (κ3) is 3.87. The third-order valence-electron chi connectivity index (χ3n) is 3.11. The van der Waals surface area contributed by atoms with E-state index in [1.54, 1.807) is 12.3 Å². The van der Waals surface area contributed by atoms with Crippen molar-refractivity contribution in [3.05, 3.63) is 40.0 Å². The van der Waals surface area contributed by atoms with Gasteiger partial charge in [-0.05, 0) is 18.4 Å². The smallest absolute Gasteiger partial charge is 0.236 e. The number of oxazole rings is 1. The van der Waals surface area contributed by atoms with E-state index in [2.05, 4.69) is 15.3 Å². The molecule has 0 aliphatic carbocycles. The molecular weight excluding hydrogens is 348 g/mol. The summed E-state index contributed by atoms with van der Waals surface area (Å²) >= 11 is 2.77. The van der Waals surface area contributed by atoms with Gasteiger partial charge in [0.1, 0.15) is 5.76 Å². The number of aryl methyl sites for hydroxylation is 1. The molecule has 0 aromatic carbocycles. The third-order valence-corrected chi connectivity index (χ3v) is 4.77. The van der Waals surface area contributed by atoms with Crippen LogP contribution in [0.1, 0.15) is 17.1 Å². The lowest BCUT2D eigenvalue weighted by Gasteiger charge is -1.99. The summed E-state index contributed by atoms with van der Waals surface area (Å²) in [5.74, 6) is 0.423. The largest absolute Gasteiger partial charge is 0.440 e. The monoisotopic (exact) mass is 362 g/mol. The van der Waals surface area contributed by atoms with Gasteiger partial charge in [0.05, 0.1) is 29.1 Å². The molecule has 9 heteroatoms. The summed E-state index contributed by atoms with van der Waals surface area (Å²) < 4.78 is 5.61. The van der Waals surface area contributed by atoms with Crippen LogP contribution in [-0.4, -0.2) is 21.8 Å². The summed E-state index contributed by atoms with van der Waals surface area (Å²) in [6, 6.07) is 3.83. The fraction of sp³-hybridized carbons (Fsp3) is 0.200. The highest BCUT2D eigenvalue weighted by molar-refractivity contribution is 7.14. The van der Waals surface area contributed by atoms with E-state index in [1.165, 1.54) is 22.7 Å². The fourth-order valence-electron chi connectivity index (χ4n) is 2.04. The number of anilines is 1. The zero-order valence-electron chi connectivity index (χ0n) is 12.7. The van der Waals surface area contributed by atoms with Crippen LogP contribution in [0.3, 0.4) is 0 Å². The number of nitrogens with one attached hydrogen (secondary N) is 1. The molecule has 0 radical (unpaired) electrons. The number of amides is 2. The molecule has 3 aromatic heterocycles. The fourth-order valence-corrected chi connectivity index (χ4v) is 3.41. The Kier molecular flexibility index (Phi) is 4.72. The molecule has 3 rings (SSSR count). The maximum atomic E-state index is 12.1. The van der Waals surface area contributed by atoms with E-state index in [1.807, 2.05) is 17.5 Å².